The molecule has 1 aliphatic rings. The van der Waals surface area contributed by atoms with Crippen molar-refractivity contribution in [2.24, 2.45) is 0 Å². The average molecular weight is 393 g/mol. The summed E-state index contributed by atoms with van der Waals surface area (Å²) < 4.78 is 36.0. The zero-order valence-electron chi connectivity index (χ0n) is 14.6. The fourth-order valence-electron chi connectivity index (χ4n) is 2.64. The topological polar surface area (TPSA) is 118 Å². The lowest BCUT2D eigenvalue weighted by molar-refractivity contribution is 0.0991. The smallest absolute Gasteiger partial charge is 0.411 e. The minimum atomic E-state index is -3.71. The highest BCUT2D eigenvalue weighted by Gasteiger charge is 2.30. The molecule has 0 unspecified atom stereocenters. The van der Waals surface area contributed by atoms with Crippen molar-refractivity contribution in [1.29, 1.82) is 0 Å². The number of anilines is 2. The molecule has 0 saturated carbocycles. The summed E-state index contributed by atoms with van der Waals surface area (Å²) in [6.07, 6.45) is 1.02. The van der Waals surface area contributed by atoms with Gasteiger partial charge in [0.25, 0.3) is 15.9 Å². The van der Waals surface area contributed by atoms with Gasteiger partial charge in [0.1, 0.15) is 0 Å². The van der Waals surface area contributed by atoms with Crippen LogP contribution in [0.1, 0.15) is 23.4 Å². The number of carbonyl (C=O) groups is 2. The summed E-state index contributed by atoms with van der Waals surface area (Å²) in [6, 6.07) is 8.93. The fourth-order valence-corrected chi connectivity index (χ4v) is 4.06. The lowest BCUT2D eigenvalue weighted by Crippen LogP contribution is -2.27. The van der Waals surface area contributed by atoms with Crippen LogP contribution in [0.25, 0.3) is 0 Å². The Morgan fingerprint density at radius 1 is 1.00 bits per heavy atom. The van der Waals surface area contributed by atoms with E-state index in [4.69, 9.17) is 4.42 Å². The van der Waals surface area contributed by atoms with Crippen molar-refractivity contribution < 1.29 is 27.2 Å². The van der Waals surface area contributed by atoms with Gasteiger partial charge in [-0.15, -0.1) is 0 Å². The highest BCUT2D eigenvalue weighted by atomic mass is 32.2. The van der Waals surface area contributed by atoms with Gasteiger partial charge in [-0.1, -0.05) is 0 Å². The molecular weight excluding hydrogens is 374 g/mol. The van der Waals surface area contributed by atoms with Crippen LogP contribution in [0.15, 0.2) is 45.9 Å². The highest BCUT2D eigenvalue weighted by molar-refractivity contribution is 7.89. The zero-order chi connectivity index (χ0) is 19.4. The molecule has 1 aromatic heterocycles. The van der Waals surface area contributed by atoms with Crippen molar-refractivity contribution in [1.82, 2.24) is 4.31 Å². The number of sulfonamides is 1. The Balaban J connectivity index is 1.66. The lowest BCUT2D eigenvalue weighted by atomic mass is 10.2. The molecule has 1 fully saturated rings. The first-order valence-corrected chi connectivity index (χ1v) is 9.70. The van der Waals surface area contributed by atoms with Crippen LogP contribution in [0, 0.1) is 0 Å². The molecule has 2 heterocycles. The average Bonchev–Trinajstić information content (AvgIpc) is 3.35. The SMILES string of the molecule is COC(=O)Nc1ccc(NC(=O)c2ccc(S(=O)(=O)N3CCCC3)o2)cc1. The third-order valence-corrected chi connectivity index (χ3v) is 5.81. The van der Waals surface area contributed by atoms with Gasteiger partial charge in [0.2, 0.25) is 5.09 Å². The second-order valence-corrected chi connectivity index (χ2v) is 7.75. The Morgan fingerprint density at radius 3 is 2.19 bits per heavy atom. The second-order valence-electron chi connectivity index (χ2n) is 5.88. The van der Waals surface area contributed by atoms with Crippen molar-refractivity contribution in [3.05, 3.63) is 42.2 Å². The van der Waals surface area contributed by atoms with Gasteiger partial charge in [-0.25, -0.2) is 13.2 Å². The maximum atomic E-state index is 12.4. The number of nitrogens with zero attached hydrogens (tertiary/aromatic N) is 1. The Bertz CT molecular complexity index is 930. The molecule has 9 nitrogen and oxygen atoms in total. The summed E-state index contributed by atoms with van der Waals surface area (Å²) >= 11 is 0. The maximum Gasteiger partial charge on any atom is 0.411 e. The number of rotatable bonds is 5. The minimum absolute atomic E-state index is 0.107. The quantitative estimate of drug-likeness (QED) is 0.806. The van der Waals surface area contributed by atoms with Gasteiger partial charge in [-0.2, -0.15) is 4.31 Å². The number of hydrogen-bond donors (Lipinski definition) is 2. The van der Waals surface area contributed by atoms with Gasteiger partial charge in [-0.05, 0) is 49.2 Å². The van der Waals surface area contributed by atoms with E-state index >= 15 is 0 Å². The molecule has 3 rings (SSSR count). The normalized spacial score (nSPS) is 14.7. The number of furan rings is 1. The summed E-state index contributed by atoms with van der Waals surface area (Å²) in [7, 11) is -2.45. The molecule has 10 heteroatoms. The van der Waals surface area contributed by atoms with E-state index in [-0.39, 0.29) is 10.9 Å². The Labute approximate surface area is 156 Å². The van der Waals surface area contributed by atoms with Gasteiger partial charge in [0.05, 0.1) is 7.11 Å². The first-order chi connectivity index (χ1) is 12.9. The molecule has 27 heavy (non-hydrogen) atoms. The largest absolute Gasteiger partial charge is 0.453 e. The van der Waals surface area contributed by atoms with Crippen LogP contribution in [0.4, 0.5) is 16.2 Å². The molecule has 1 saturated heterocycles. The van der Waals surface area contributed by atoms with E-state index in [0.29, 0.717) is 24.5 Å². The van der Waals surface area contributed by atoms with Crippen LogP contribution in [0.3, 0.4) is 0 Å². The lowest BCUT2D eigenvalue weighted by Gasteiger charge is -2.12. The number of hydrogen-bond acceptors (Lipinski definition) is 6. The number of carbonyl (C=O) groups excluding carboxylic acids is 2. The predicted molar refractivity (Wildman–Crippen MR) is 97.1 cm³/mol. The van der Waals surface area contributed by atoms with Crippen molar-refractivity contribution in [2.45, 2.75) is 17.9 Å². The number of nitrogens with one attached hydrogen (secondary N) is 2. The van der Waals surface area contributed by atoms with Gasteiger partial charge in [0, 0.05) is 24.5 Å². The van der Waals surface area contributed by atoms with Crippen LogP contribution in [-0.2, 0) is 14.8 Å². The number of amides is 2. The molecule has 2 amide bonds. The minimum Gasteiger partial charge on any atom is -0.453 e. The van der Waals surface area contributed by atoms with Crippen LogP contribution in [0.2, 0.25) is 0 Å². The second kappa shape index (κ2) is 7.80. The van der Waals surface area contributed by atoms with Crippen molar-refractivity contribution in [2.75, 3.05) is 30.8 Å². The molecule has 0 atom stereocenters. The Kier molecular flexibility index (Phi) is 5.47. The van der Waals surface area contributed by atoms with E-state index < -0.39 is 22.0 Å². The molecule has 144 valence electrons. The zero-order valence-corrected chi connectivity index (χ0v) is 15.4. The summed E-state index contributed by atoms with van der Waals surface area (Å²) in [4.78, 5) is 23.4. The predicted octanol–water partition coefficient (Wildman–Crippen LogP) is 2.49. The standard InChI is InChI=1S/C17H19N3O6S/c1-25-17(22)19-13-6-4-12(5-7-13)18-16(21)14-8-9-15(26-14)27(23,24)20-10-2-3-11-20/h4-9H,2-3,10-11H2,1H3,(H,18,21)(H,19,22). The number of ether oxygens (including phenoxy) is 1. The highest BCUT2D eigenvalue weighted by Crippen LogP contribution is 2.23. The molecule has 0 radical (unpaired) electrons. The fraction of sp³-hybridized carbons (Fsp3) is 0.294. The number of benzene rings is 1. The monoisotopic (exact) mass is 393 g/mol. The molecule has 2 N–H and O–H groups in total. The Hall–Kier alpha value is -2.85. The first-order valence-electron chi connectivity index (χ1n) is 8.26. The van der Waals surface area contributed by atoms with Crippen LogP contribution >= 0.6 is 0 Å². The van der Waals surface area contributed by atoms with E-state index in [9.17, 15) is 18.0 Å². The van der Waals surface area contributed by atoms with E-state index in [2.05, 4.69) is 15.4 Å². The van der Waals surface area contributed by atoms with E-state index in [1.165, 1.54) is 23.5 Å². The molecule has 1 aromatic carbocycles. The third kappa shape index (κ3) is 4.29. The molecule has 2 aromatic rings. The maximum absolute atomic E-state index is 12.4. The van der Waals surface area contributed by atoms with Crippen molar-refractivity contribution >= 4 is 33.4 Å². The van der Waals surface area contributed by atoms with E-state index in [0.717, 1.165) is 12.8 Å². The van der Waals surface area contributed by atoms with Crippen LogP contribution in [-0.4, -0.2) is 44.9 Å². The summed E-state index contributed by atoms with van der Waals surface area (Å²) in [5.41, 5.74) is 0.951. The summed E-state index contributed by atoms with van der Waals surface area (Å²) in [5.74, 6) is -0.684. The first kappa shape index (κ1) is 18.9. The number of methoxy groups -OCH3 is 1. The van der Waals surface area contributed by atoms with Crippen LogP contribution in [0.5, 0.6) is 0 Å². The molecule has 0 bridgehead atoms. The van der Waals surface area contributed by atoms with Gasteiger partial charge in [0.15, 0.2) is 5.76 Å². The molecule has 0 aliphatic carbocycles. The Morgan fingerprint density at radius 2 is 1.59 bits per heavy atom. The van der Waals surface area contributed by atoms with Gasteiger partial charge < -0.3 is 14.5 Å². The van der Waals surface area contributed by atoms with Crippen LogP contribution < -0.4 is 10.6 Å². The molecule has 1 aliphatic heterocycles. The van der Waals surface area contributed by atoms with Crippen molar-refractivity contribution in [3.8, 4) is 0 Å². The summed E-state index contributed by atoms with van der Waals surface area (Å²) in [5, 5.41) is 4.85. The van der Waals surface area contributed by atoms with E-state index in [1.54, 1.807) is 24.3 Å². The molecule has 0 spiro atoms. The van der Waals surface area contributed by atoms with Gasteiger partial charge in [-0.3, -0.25) is 10.1 Å². The van der Waals surface area contributed by atoms with E-state index in [1.807, 2.05) is 0 Å². The van der Waals surface area contributed by atoms with Crippen molar-refractivity contribution in [3.63, 3.8) is 0 Å². The van der Waals surface area contributed by atoms with Gasteiger partial charge >= 0.3 is 6.09 Å². The molecular formula is C17H19N3O6S. The third-order valence-electron chi connectivity index (χ3n) is 4.04. The summed E-state index contributed by atoms with van der Waals surface area (Å²) in [6.45, 7) is 0.910.